The molecule has 0 fully saturated rings. The molecule has 0 unspecified atom stereocenters. The van der Waals surface area contributed by atoms with Crippen LogP contribution in [0.3, 0.4) is 0 Å². The van der Waals surface area contributed by atoms with Gasteiger partial charge in [-0.05, 0) is 48.5 Å². The summed E-state index contributed by atoms with van der Waals surface area (Å²) < 4.78 is 5.27. The van der Waals surface area contributed by atoms with Crippen molar-refractivity contribution in [1.82, 2.24) is 10.2 Å². The van der Waals surface area contributed by atoms with Crippen LogP contribution >= 0.6 is 0 Å². The standard InChI is InChI=1S/C12H23NO3.C7H15NO/c1-9(2)13(8-7-10(3)14)11(15)16-12(4,5)6;1-6(2)8-5-4-7(3)9/h9H,7-8H2,1-6H3;6,8H,4-5H2,1-3H3. The van der Waals surface area contributed by atoms with Gasteiger partial charge in [0.2, 0.25) is 0 Å². The molecule has 0 spiro atoms. The fourth-order valence-corrected chi connectivity index (χ4v) is 1.70. The SMILES string of the molecule is CC(=O)CCN(C(=O)OC(C)(C)C)C(C)C.CC(=O)CCNC(C)C. The molecule has 6 heteroatoms. The highest BCUT2D eigenvalue weighted by Gasteiger charge is 2.23. The van der Waals surface area contributed by atoms with E-state index in [1.54, 1.807) is 11.8 Å². The largest absolute Gasteiger partial charge is 0.444 e. The first-order chi connectivity index (χ1) is 11.3. The van der Waals surface area contributed by atoms with Crippen LogP contribution in [-0.2, 0) is 14.3 Å². The summed E-state index contributed by atoms with van der Waals surface area (Å²) >= 11 is 0. The smallest absolute Gasteiger partial charge is 0.410 e. The molecule has 6 nitrogen and oxygen atoms in total. The lowest BCUT2D eigenvalue weighted by Crippen LogP contribution is -2.41. The number of Topliss-reactive ketones (excluding diaryl/α,β-unsaturated/α-hetero) is 2. The molecule has 0 aromatic heterocycles. The van der Waals surface area contributed by atoms with Crippen LogP contribution in [0.1, 0.15) is 75.2 Å². The number of carbonyl (C=O) groups excluding carboxylic acids is 3. The third-order valence-electron chi connectivity index (χ3n) is 2.99. The molecule has 0 saturated carbocycles. The number of hydrogen-bond donors (Lipinski definition) is 1. The van der Waals surface area contributed by atoms with E-state index in [-0.39, 0.29) is 23.7 Å². The Hall–Kier alpha value is -1.43. The number of amides is 1. The van der Waals surface area contributed by atoms with Crippen molar-refractivity contribution < 1.29 is 19.1 Å². The van der Waals surface area contributed by atoms with Crippen LogP contribution in [0.5, 0.6) is 0 Å². The van der Waals surface area contributed by atoms with Gasteiger partial charge in [-0.2, -0.15) is 0 Å². The Morgan fingerprint density at radius 3 is 1.76 bits per heavy atom. The van der Waals surface area contributed by atoms with Crippen molar-refractivity contribution in [2.45, 2.75) is 92.8 Å². The first-order valence-corrected chi connectivity index (χ1v) is 8.98. The quantitative estimate of drug-likeness (QED) is 0.718. The number of ketones is 2. The zero-order chi connectivity index (χ0) is 20.2. The van der Waals surface area contributed by atoms with Gasteiger partial charge in [0.05, 0.1) is 0 Å². The number of hydrogen-bond acceptors (Lipinski definition) is 5. The van der Waals surface area contributed by atoms with Crippen molar-refractivity contribution in [3.05, 3.63) is 0 Å². The molecule has 0 saturated heterocycles. The van der Waals surface area contributed by atoms with Crippen LogP contribution in [0.2, 0.25) is 0 Å². The molecule has 0 radical (unpaired) electrons. The minimum absolute atomic E-state index is 0.0363. The van der Waals surface area contributed by atoms with Crippen molar-refractivity contribution in [3.8, 4) is 0 Å². The predicted octanol–water partition coefficient (Wildman–Crippen LogP) is 3.57. The van der Waals surface area contributed by atoms with Crippen LogP contribution < -0.4 is 5.32 Å². The van der Waals surface area contributed by atoms with Gasteiger partial charge in [-0.25, -0.2) is 4.79 Å². The number of nitrogens with one attached hydrogen (secondary N) is 1. The Labute approximate surface area is 153 Å². The van der Waals surface area contributed by atoms with Crippen LogP contribution in [0.4, 0.5) is 4.79 Å². The maximum Gasteiger partial charge on any atom is 0.410 e. The zero-order valence-corrected chi connectivity index (χ0v) is 17.6. The van der Waals surface area contributed by atoms with E-state index in [9.17, 15) is 14.4 Å². The number of nitrogens with zero attached hydrogens (tertiary/aromatic N) is 1. The van der Waals surface area contributed by atoms with Gasteiger partial charge < -0.3 is 15.0 Å². The van der Waals surface area contributed by atoms with Crippen molar-refractivity contribution >= 4 is 17.7 Å². The Bertz CT molecular complexity index is 412. The normalized spacial score (nSPS) is 11.0. The second-order valence-corrected chi connectivity index (χ2v) is 7.78. The molecule has 0 aromatic rings. The van der Waals surface area contributed by atoms with Crippen LogP contribution in [0.15, 0.2) is 0 Å². The van der Waals surface area contributed by atoms with Crippen molar-refractivity contribution in [2.24, 2.45) is 0 Å². The molecule has 0 heterocycles. The van der Waals surface area contributed by atoms with E-state index in [0.29, 0.717) is 25.4 Å². The maximum atomic E-state index is 11.8. The third-order valence-corrected chi connectivity index (χ3v) is 2.99. The van der Waals surface area contributed by atoms with Gasteiger partial charge in [-0.15, -0.1) is 0 Å². The molecule has 148 valence electrons. The van der Waals surface area contributed by atoms with Crippen LogP contribution in [-0.4, -0.2) is 53.3 Å². The molecule has 0 atom stereocenters. The van der Waals surface area contributed by atoms with E-state index in [1.165, 1.54) is 6.92 Å². The van der Waals surface area contributed by atoms with E-state index in [2.05, 4.69) is 19.2 Å². The van der Waals surface area contributed by atoms with E-state index in [1.807, 2.05) is 34.6 Å². The highest BCUT2D eigenvalue weighted by molar-refractivity contribution is 5.76. The maximum absolute atomic E-state index is 11.8. The average Bonchev–Trinajstić information content (AvgIpc) is 2.35. The first kappa shape index (κ1) is 25.8. The highest BCUT2D eigenvalue weighted by atomic mass is 16.6. The lowest BCUT2D eigenvalue weighted by molar-refractivity contribution is -0.118. The summed E-state index contributed by atoms with van der Waals surface area (Å²) in [6.07, 6.45) is 0.666. The zero-order valence-electron chi connectivity index (χ0n) is 17.6. The summed E-state index contributed by atoms with van der Waals surface area (Å²) in [4.78, 5) is 34.7. The number of rotatable bonds is 8. The number of ether oxygens (including phenoxy) is 1. The second kappa shape index (κ2) is 12.9. The van der Waals surface area contributed by atoms with Gasteiger partial charge in [-0.3, -0.25) is 9.59 Å². The van der Waals surface area contributed by atoms with Crippen molar-refractivity contribution in [3.63, 3.8) is 0 Å². The van der Waals surface area contributed by atoms with Gasteiger partial charge >= 0.3 is 6.09 Å². The lowest BCUT2D eigenvalue weighted by atomic mass is 10.2. The summed E-state index contributed by atoms with van der Waals surface area (Å²) in [5, 5.41) is 3.16. The van der Waals surface area contributed by atoms with Crippen LogP contribution in [0, 0.1) is 0 Å². The van der Waals surface area contributed by atoms with Crippen molar-refractivity contribution in [1.29, 1.82) is 0 Å². The predicted molar refractivity (Wildman–Crippen MR) is 102 cm³/mol. The van der Waals surface area contributed by atoms with Gasteiger partial charge in [0.15, 0.2) is 0 Å². The molecular formula is C19H38N2O4. The molecule has 1 N–H and O–H groups in total. The van der Waals surface area contributed by atoms with E-state index < -0.39 is 5.60 Å². The molecular weight excluding hydrogens is 320 g/mol. The van der Waals surface area contributed by atoms with Crippen LogP contribution in [0.25, 0.3) is 0 Å². The topological polar surface area (TPSA) is 75.7 Å². The molecule has 25 heavy (non-hydrogen) atoms. The number of carbonyl (C=O) groups is 3. The van der Waals surface area contributed by atoms with E-state index >= 15 is 0 Å². The van der Waals surface area contributed by atoms with Gasteiger partial charge in [0, 0.05) is 38.0 Å². The Morgan fingerprint density at radius 2 is 1.44 bits per heavy atom. The van der Waals surface area contributed by atoms with Crippen molar-refractivity contribution in [2.75, 3.05) is 13.1 Å². The minimum Gasteiger partial charge on any atom is -0.444 e. The summed E-state index contributed by atoms with van der Waals surface area (Å²) in [7, 11) is 0. The monoisotopic (exact) mass is 358 g/mol. The summed E-state index contributed by atoms with van der Waals surface area (Å²) in [6, 6.07) is 0.526. The molecule has 0 aromatic carbocycles. The first-order valence-electron chi connectivity index (χ1n) is 8.98. The average molecular weight is 359 g/mol. The van der Waals surface area contributed by atoms with E-state index in [4.69, 9.17) is 4.74 Å². The fraction of sp³-hybridized carbons (Fsp3) is 0.842. The highest BCUT2D eigenvalue weighted by Crippen LogP contribution is 2.12. The Morgan fingerprint density at radius 1 is 0.960 bits per heavy atom. The van der Waals surface area contributed by atoms with Gasteiger partial charge in [-0.1, -0.05) is 13.8 Å². The Balaban J connectivity index is 0. The fourth-order valence-electron chi connectivity index (χ4n) is 1.70. The summed E-state index contributed by atoms with van der Waals surface area (Å²) in [6.45, 7) is 17.8. The minimum atomic E-state index is -0.500. The van der Waals surface area contributed by atoms with Gasteiger partial charge in [0.1, 0.15) is 17.2 Å². The lowest BCUT2D eigenvalue weighted by Gasteiger charge is -2.29. The molecule has 0 rings (SSSR count). The molecule has 0 bridgehead atoms. The molecule has 0 aliphatic heterocycles. The Kier molecular flexibility index (Phi) is 13.3. The molecule has 0 aliphatic rings. The second-order valence-electron chi connectivity index (χ2n) is 7.78. The molecule has 0 aliphatic carbocycles. The van der Waals surface area contributed by atoms with Gasteiger partial charge in [0.25, 0.3) is 0 Å². The summed E-state index contributed by atoms with van der Waals surface area (Å²) in [5.41, 5.74) is -0.500. The third kappa shape index (κ3) is 18.7. The molecule has 1 amide bonds. The van der Waals surface area contributed by atoms with E-state index in [0.717, 1.165) is 6.54 Å². The summed E-state index contributed by atoms with van der Waals surface area (Å²) in [5.74, 6) is 0.331.